The summed E-state index contributed by atoms with van der Waals surface area (Å²) in [4.78, 5) is 11.4. The molecule has 188 valence electrons. The van der Waals surface area contributed by atoms with Crippen molar-refractivity contribution in [1.82, 2.24) is 10.2 Å². The van der Waals surface area contributed by atoms with E-state index in [-0.39, 0.29) is 68.5 Å². The van der Waals surface area contributed by atoms with Gasteiger partial charge in [-0.2, -0.15) is 17.0 Å². The summed E-state index contributed by atoms with van der Waals surface area (Å²) in [5, 5.41) is 17.5. The van der Waals surface area contributed by atoms with Gasteiger partial charge in [-0.15, -0.1) is 10.2 Å². The molecule has 4 aromatic rings. The minimum atomic E-state index is -0.706. The number of carbonyl (C=O) groups excluding carboxylic acids is 1. The van der Waals surface area contributed by atoms with Crippen LogP contribution in [-0.4, -0.2) is 22.4 Å². The molecule has 0 saturated heterocycles. The molecule has 0 aliphatic heterocycles. The van der Waals surface area contributed by atoms with Gasteiger partial charge in [0.15, 0.2) is 11.6 Å². The van der Waals surface area contributed by atoms with E-state index >= 15 is 4.39 Å². The maximum absolute atomic E-state index is 15.4. The van der Waals surface area contributed by atoms with Crippen molar-refractivity contribution in [3.8, 4) is 29.0 Å². The molecule has 1 unspecified atom stereocenters. The van der Waals surface area contributed by atoms with Gasteiger partial charge in [0.25, 0.3) is 0 Å². The smallest absolute Gasteiger partial charge is 0.247 e. The van der Waals surface area contributed by atoms with Crippen molar-refractivity contribution in [3.05, 3.63) is 93.0 Å². The zero-order valence-electron chi connectivity index (χ0n) is 19.4. The van der Waals surface area contributed by atoms with Gasteiger partial charge >= 0.3 is 0 Å². The molecule has 0 aliphatic rings. The number of nitrogens with zero attached hydrogens (tertiary/aromatic N) is 3. The molecule has 0 radical (unpaired) electrons. The molecule has 1 atom stereocenters. The van der Waals surface area contributed by atoms with Crippen molar-refractivity contribution in [3.63, 3.8) is 0 Å². The topological polar surface area (TPSA) is 115 Å². The Labute approximate surface area is 226 Å². The number of ether oxygens (including phenoxy) is 1. The van der Waals surface area contributed by atoms with Crippen molar-refractivity contribution in [2.24, 2.45) is 5.73 Å². The van der Waals surface area contributed by atoms with Gasteiger partial charge in [-0.3, -0.25) is 4.79 Å². The van der Waals surface area contributed by atoms with E-state index in [2.05, 4.69) is 10.2 Å². The van der Waals surface area contributed by atoms with Crippen LogP contribution in [-0.2, 0) is 11.2 Å². The van der Waals surface area contributed by atoms with Gasteiger partial charge in [-0.05, 0) is 48.2 Å². The zero-order valence-corrected chi connectivity index (χ0v) is 21.7. The minimum Gasteiger partial charge on any atom is -0.453 e. The molecule has 11 heteroatoms. The van der Waals surface area contributed by atoms with E-state index in [1.54, 1.807) is 6.07 Å². The first kappa shape index (κ1) is 26.5. The SMILES string of the molecule is CSC(CC(N)=O)c1cccc(-c2nnc(Cc3ccc(Cl)c(Oc4cc(Cl)cc(C#N)c4)c3F)o2)c1. The molecule has 3 aromatic carbocycles. The molecule has 0 saturated carbocycles. The Morgan fingerprint density at radius 1 is 1.22 bits per heavy atom. The highest BCUT2D eigenvalue weighted by Crippen LogP contribution is 2.36. The van der Waals surface area contributed by atoms with Crippen LogP contribution in [0.3, 0.4) is 0 Å². The van der Waals surface area contributed by atoms with Crippen LogP contribution in [0.2, 0.25) is 10.0 Å². The van der Waals surface area contributed by atoms with Gasteiger partial charge < -0.3 is 14.9 Å². The lowest BCUT2D eigenvalue weighted by Crippen LogP contribution is -2.13. The number of benzene rings is 3. The van der Waals surface area contributed by atoms with Crippen LogP contribution in [0.4, 0.5) is 4.39 Å². The number of aromatic nitrogens is 2. The van der Waals surface area contributed by atoms with Crippen molar-refractivity contribution in [2.75, 3.05) is 6.26 Å². The number of hydrogen-bond acceptors (Lipinski definition) is 7. The maximum atomic E-state index is 15.4. The van der Waals surface area contributed by atoms with Gasteiger partial charge in [0.2, 0.25) is 17.7 Å². The van der Waals surface area contributed by atoms with E-state index in [1.807, 2.05) is 30.5 Å². The molecule has 37 heavy (non-hydrogen) atoms. The molecule has 7 nitrogen and oxygen atoms in total. The van der Waals surface area contributed by atoms with Crippen LogP contribution in [0.15, 0.2) is 59.0 Å². The first-order valence-electron chi connectivity index (χ1n) is 10.9. The lowest BCUT2D eigenvalue weighted by atomic mass is 10.1. The fraction of sp³-hybridized carbons (Fsp3) is 0.154. The van der Waals surface area contributed by atoms with Crippen LogP contribution < -0.4 is 10.5 Å². The third-order valence-electron chi connectivity index (χ3n) is 5.33. The number of rotatable bonds is 9. The molecule has 2 N–H and O–H groups in total. The molecular weight excluding hydrogens is 538 g/mol. The average Bonchev–Trinajstić information content (AvgIpc) is 3.35. The standard InChI is InChI=1S/C26H19Cl2FN4O3S/c1-37-21(12-22(31)34)15-3-2-4-17(9-15)26-33-32-23(36-26)10-16-5-6-20(28)25(24(16)29)35-19-8-14(13-30)7-18(27)11-19/h2-9,11,21H,10,12H2,1H3,(H2,31,34). The van der Waals surface area contributed by atoms with Gasteiger partial charge in [0.05, 0.1) is 23.1 Å². The summed E-state index contributed by atoms with van der Waals surface area (Å²) in [7, 11) is 0. The number of amides is 1. The number of halogens is 3. The predicted octanol–water partition coefficient (Wildman–Crippen LogP) is 6.72. The fourth-order valence-electron chi connectivity index (χ4n) is 3.60. The predicted molar refractivity (Wildman–Crippen MR) is 140 cm³/mol. The van der Waals surface area contributed by atoms with Crippen LogP contribution >= 0.6 is 35.0 Å². The van der Waals surface area contributed by atoms with E-state index in [0.29, 0.717) is 5.56 Å². The number of primary amides is 1. The lowest BCUT2D eigenvalue weighted by Gasteiger charge is -2.13. The van der Waals surface area contributed by atoms with Gasteiger partial charge in [-0.1, -0.05) is 41.4 Å². The third-order valence-corrected chi connectivity index (χ3v) is 6.86. The third kappa shape index (κ3) is 6.41. The average molecular weight is 557 g/mol. The van der Waals surface area contributed by atoms with Crippen molar-refractivity contribution < 1.29 is 18.3 Å². The molecule has 0 bridgehead atoms. The summed E-state index contributed by atoms with van der Waals surface area (Å²) in [5.41, 5.74) is 7.40. The normalized spacial score (nSPS) is 11.6. The number of thioether (sulfide) groups is 1. The highest BCUT2D eigenvalue weighted by Gasteiger charge is 2.19. The maximum Gasteiger partial charge on any atom is 0.247 e. The van der Waals surface area contributed by atoms with E-state index < -0.39 is 5.82 Å². The van der Waals surface area contributed by atoms with Gasteiger partial charge in [-0.25, -0.2) is 4.39 Å². The minimum absolute atomic E-state index is 0.0137. The number of hydrogen-bond donors (Lipinski definition) is 1. The molecular formula is C26H19Cl2FN4O3S. The van der Waals surface area contributed by atoms with E-state index in [1.165, 1.54) is 42.1 Å². The Bertz CT molecular complexity index is 1510. The van der Waals surface area contributed by atoms with Crippen molar-refractivity contribution in [2.45, 2.75) is 18.1 Å². The summed E-state index contributed by atoms with van der Waals surface area (Å²) in [6.07, 6.45) is 2.09. The monoisotopic (exact) mass is 556 g/mol. The second-order valence-electron chi connectivity index (χ2n) is 7.94. The summed E-state index contributed by atoms with van der Waals surface area (Å²) < 4.78 is 26.8. The second kappa shape index (κ2) is 11.6. The van der Waals surface area contributed by atoms with Crippen LogP contribution in [0.25, 0.3) is 11.5 Å². The highest BCUT2D eigenvalue weighted by atomic mass is 35.5. The molecule has 1 heterocycles. The van der Waals surface area contributed by atoms with Crippen molar-refractivity contribution >= 4 is 40.9 Å². The quantitative estimate of drug-likeness (QED) is 0.243. The van der Waals surface area contributed by atoms with Gasteiger partial charge in [0, 0.05) is 27.8 Å². The number of nitrogens with two attached hydrogens (primary N) is 1. The molecule has 1 aromatic heterocycles. The Hall–Kier alpha value is -3.58. The number of nitriles is 1. The first-order valence-corrected chi connectivity index (χ1v) is 12.9. The Morgan fingerprint density at radius 3 is 2.76 bits per heavy atom. The summed E-state index contributed by atoms with van der Waals surface area (Å²) in [5.74, 6) is -0.705. The van der Waals surface area contributed by atoms with Crippen LogP contribution in [0.1, 0.15) is 34.3 Å². The molecule has 0 fully saturated rings. The molecule has 4 rings (SSSR count). The first-order chi connectivity index (χ1) is 17.8. The second-order valence-corrected chi connectivity index (χ2v) is 9.82. The Balaban J connectivity index is 1.57. The Kier molecular flexibility index (Phi) is 8.34. The zero-order chi connectivity index (χ0) is 26.5. The van der Waals surface area contributed by atoms with E-state index in [0.717, 1.165) is 5.56 Å². The summed E-state index contributed by atoms with van der Waals surface area (Å²) in [6, 6.07) is 16.7. The summed E-state index contributed by atoms with van der Waals surface area (Å²) in [6.45, 7) is 0. The largest absolute Gasteiger partial charge is 0.453 e. The molecule has 0 spiro atoms. The Morgan fingerprint density at radius 2 is 2.03 bits per heavy atom. The lowest BCUT2D eigenvalue weighted by molar-refractivity contribution is -0.118. The van der Waals surface area contributed by atoms with Gasteiger partial charge in [0.1, 0.15) is 5.75 Å². The fourth-order valence-corrected chi connectivity index (χ4v) is 4.76. The van der Waals surface area contributed by atoms with E-state index in [9.17, 15) is 4.79 Å². The van der Waals surface area contributed by atoms with Crippen LogP contribution in [0, 0.1) is 17.1 Å². The summed E-state index contributed by atoms with van der Waals surface area (Å²) >= 11 is 13.7. The molecule has 1 amide bonds. The van der Waals surface area contributed by atoms with E-state index in [4.69, 9.17) is 43.4 Å². The molecule has 0 aliphatic carbocycles. The highest BCUT2D eigenvalue weighted by molar-refractivity contribution is 7.98. The van der Waals surface area contributed by atoms with Crippen molar-refractivity contribution in [1.29, 1.82) is 5.26 Å². The number of carbonyl (C=O) groups is 1. The van der Waals surface area contributed by atoms with Crippen LogP contribution in [0.5, 0.6) is 11.5 Å².